The van der Waals surface area contributed by atoms with E-state index in [4.69, 9.17) is 18.9 Å². The minimum absolute atomic E-state index is 0.110. The van der Waals surface area contributed by atoms with E-state index in [9.17, 15) is 4.39 Å². The summed E-state index contributed by atoms with van der Waals surface area (Å²) < 4.78 is 36.9. The van der Waals surface area contributed by atoms with Gasteiger partial charge in [-0.25, -0.2) is 14.4 Å². The van der Waals surface area contributed by atoms with Crippen LogP contribution in [0.4, 0.5) is 4.39 Å². The molecule has 0 N–H and O–H groups in total. The number of hydrogen-bond donors (Lipinski definition) is 0. The van der Waals surface area contributed by atoms with Crippen molar-refractivity contribution in [3.8, 4) is 22.9 Å². The lowest BCUT2D eigenvalue weighted by Crippen LogP contribution is -2.23. The van der Waals surface area contributed by atoms with Gasteiger partial charge in [0.1, 0.15) is 31.2 Å². The molecule has 6 nitrogen and oxygen atoms in total. The monoisotopic (exact) mass is 498 g/mol. The molecule has 0 saturated carbocycles. The van der Waals surface area contributed by atoms with Crippen molar-refractivity contribution in [1.29, 1.82) is 0 Å². The fourth-order valence-corrected chi connectivity index (χ4v) is 3.72. The van der Waals surface area contributed by atoms with Crippen LogP contribution in [0, 0.1) is 0 Å². The average Bonchev–Trinajstić information content (AvgIpc) is 2.92. The fourth-order valence-electron chi connectivity index (χ4n) is 3.72. The molecule has 0 bridgehead atoms. The fraction of sp³-hybridized carbons (Fsp3) is 0.517. The molecule has 0 aliphatic carbocycles. The molecule has 1 aliphatic heterocycles. The highest BCUT2D eigenvalue weighted by Crippen LogP contribution is 2.22. The van der Waals surface area contributed by atoms with E-state index >= 15 is 0 Å². The van der Waals surface area contributed by atoms with Crippen LogP contribution in [0.15, 0.2) is 60.8 Å². The number of ether oxygens (including phenoxy) is 4. The molecule has 0 saturated heterocycles. The largest absolute Gasteiger partial charge is 0.493 e. The van der Waals surface area contributed by atoms with Crippen molar-refractivity contribution in [2.75, 3.05) is 19.8 Å². The van der Waals surface area contributed by atoms with E-state index in [0.29, 0.717) is 55.9 Å². The molecule has 1 aromatic heterocycles. The van der Waals surface area contributed by atoms with Gasteiger partial charge in [0.25, 0.3) is 5.95 Å². The van der Waals surface area contributed by atoms with E-state index in [0.717, 1.165) is 44.1 Å². The van der Waals surface area contributed by atoms with Crippen LogP contribution in [-0.2, 0) is 9.47 Å². The number of halogens is 1. The van der Waals surface area contributed by atoms with Gasteiger partial charge < -0.3 is 18.9 Å². The van der Waals surface area contributed by atoms with E-state index in [2.05, 4.69) is 23.8 Å². The predicted octanol–water partition coefficient (Wildman–Crippen LogP) is 7.21. The lowest BCUT2D eigenvalue weighted by Gasteiger charge is -2.22. The highest BCUT2D eigenvalue weighted by atomic mass is 19.1. The van der Waals surface area contributed by atoms with E-state index < -0.39 is 6.17 Å². The second kappa shape index (κ2) is 15.8. The molecule has 2 heterocycles. The second-order valence-electron chi connectivity index (χ2n) is 8.91. The van der Waals surface area contributed by atoms with Gasteiger partial charge in [0, 0.05) is 18.1 Å². The lowest BCUT2D eigenvalue weighted by atomic mass is 10.1. The summed E-state index contributed by atoms with van der Waals surface area (Å²) in [5, 5.41) is 0. The summed E-state index contributed by atoms with van der Waals surface area (Å²) >= 11 is 0. The highest BCUT2D eigenvalue weighted by Gasteiger charge is 2.15. The van der Waals surface area contributed by atoms with Crippen molar-refractivity contribution in [3.05, 3.63) is 60.8 Å². The molecule has 0 fully saturated rings. The zero-order chi connectivity index (χ0) is 25.4. The smallest absolute Gasteiger partial charge is 0.279 e. The summed E-state index contributed by atoms with van der Waals surface area (Å²) in [6, 6.07) is 7.52. The Morgan fingerprint density at radius 2 is 1.69 bits per heavy atom. The number of benzene rings is 1. The maximum absolute atomic E-state index is 13.8. The molecule has 1 aliphatic rings. The Balaban J connectivity index is 1.47. The first kappa shape index (κ1) is 27.5. The third-order valence-corrected chi connectivity index (χ3v) is 5.85. The van der Waals surface area contributed by atoms with Gasteiger partial charge >= 0.3 is 0 Å². The number of unbranched alkanes of at least 4 members (excludes halogenated alkanes) is 3. The van der Waals surface area contributed by atoms with Gasteiger partial charge in [0.2, 0.25) is 0 Å². The first-order chi connectivity index (χ1) is 17.7. The van der Waals surface area contributed by atoms with Crippen molar-refractivity contribution >= 4 is 0 Å². The SMILES string of the molecule is CCCCCC(COc1cnc(-c2ccc(OCC[C@H](F)CCCC)cc2)nc1)OC1=CC=CCO1. The number of aromatic nitrogens is 2. The summed E-state index contributed by atoms with van der Waals surface area (Å²) in [6.07, 6.45) is 15.3. The molecule has 7 heteroatoms. The van der Waals surface area contributed by atoms with Crippen molar-refractivity contribution in [2.24, 2.45) is 0 Å². The van der Waals surface area contributed by atoms with Gasteiger partial charge in [0.15, 0.2) is 11.6 Å². The third kappa shape index (κ3) is 9.88. The molecule has 1 aromatic carbocycles. The van der Waals surface area contributed by atoms with Crippen LogP contribution in [0.3, 0.4) is 0 Å². The Bertz CT molecular complexity index is 931. The van der Waals surface area contributed by atoms with Crippen LogP contribution in [0.5, 0.6) is 11.5 Å². The van der Waals surface area contributed by atoms with Crippen LogP contribution in [0.25, 0.3) is 11.4 Å². The lowest BCUT2D eigenvalue weighted by molar-refractivity contribution is -0.0238. The van der Waals surface area contributed by atoms with E-state index in [1.165, 1.54) is 0 Å². The van der Waals surface area contributed by atoms with Gasteiger partial charge in [-0.15, -0.1) is 0 Å². The van der Waals surface area contributed by atoms with E-state index in [1.54, 1.807) is 12.4 Å². The maximum Gasteiger partial charge on any atom is 0.279 e. The van der Waals surface area contributed by atoms with Crippen LogP contribution in [0.2, 0.25) is 0 Å². The summed E-state index contributed by atoms with van der Waals surface area (Å²) in [7, 11) is 0. The number of nitrogens with zero attached hydrogens (tertiary/aromatic N) is 2. The summed E-state index contributed by atoms with van der Waals surface area (Å²) in [6.45, 7) is 5.53. The molecular weight excluding hydrogens is 459 g/mol. The Labute approximate surface area is 214 Å². The third-order valence-electron chi connectivity index (χ3n) is 5.85. The van der Waals surface area contributed by atoms with Crippen molar-refractivity contribution < 1.29 is 23.3 Å². The molecule has 2 aromatic rings. The van der Waals surface area contributed by atoms with Gasteiger partial charge in [0.05, 0.1) is 19.0 Å². The molecule has 0 amide bonds. The highest BCUT2D eigenvalue weighted by molar-refractivity contribution is 5.56. The molecule has 196 valence electrons. The van der Waals surface area contributed by atoms with Crippen molar-refractivity contribution in [1.82, 2.24) is 9.97 Å². The quantitative estimate of drug-likeness (QED) is 0.215. The van der Waals surface area contributed by atoms with E-state index in [-0.39, 0.29) is 6.10 Å². The van der Waals surface area contributed by atoms with Crippen molar-refractivity contribution in [2.45, 2.75) is 77.5 Å². The van der Waals surface area contributed by atoms with Gasteiger partial charge in [-0.3, -0.25) is 0 Å². The summed E-state index contributed by atoms with van der Waals surface area (Å²) in [5.41, 5.74) is 0.871. The molecule has 1 unspecified atom stereocenters. The Hall–Kier alpha value is -3.09. The summed E-state index contributed by atoms with van der Waals surface area (Å²) in [5.74, 6) is 2.43. The van der Waals surface area contributed by atoms with Crippen molar-refractivity contribution in [3.63, 3.8) is 0 Å². The van der Waals surface area contributed by atoms with Crippen LogP contribution in [0.1, 0.15) is 65.2 Å². The maximum atomic E-state index is 13.8. The first-order valence-corrected chi connectivity index (χ1v) is 13.2. The minimum Gasteiger partial charge on any atom is -0.493 e. The second-order valence-corrected chi connectivity index (χ2v) is 8.91. The normalized spacial score (nSPS) is 14.5. The molecule has 0 spiro atoms. The molecule has 36 heavy (non-hydrogen) atoms. The number of hydrogen-bond acceptors (Lipinski definition) is 6. The summed E-state index contributed by atoms with van der Waals surface area (Å²) in [4.78, 5) is 8.90. The standard InChI is InChI=1S/C29H39FN2O4/c1-3-5-7-11-26(36-28-12-8-9-18-34-28)22-35-27-20-31-29(32-21-27)23-13-15-25(16-14-23)33-19-17-24(30)10-6-4-2/h8-9,12-16,20-21,24,26H,3-7,10-11,17-19,22H2,1-2H3/t24-,26?/m1/s1. The molecule has 2 atom stereocenters. The van der Waals surface area contributed by atoms with Gasteiger partial charge in [-0.1, -0.05) is 45.6 Å². The number of alkyl halides is 1. The molecule has 0 radical (unpaired) electrons. The predicted molar refractivity (Wildman–Crippen MR) is 140 cm³/mol. The Morgan fingerprint density at radius 3 is 2.39 bits per heavy atom. The topological polar surface area (TPSA) is 62.7 Å². The first-order valence-electron chi connectivity index (χ1n) is 13.2. The minimum atomic E-state index is -0.800. The Morgan fingerprint density at radius 1 is 0.917 bits per heavy atom. The zero-order valence-electron chi connectivity index (χ0n) is 21.5. The molecule has 3 rings (SSSR count). The number of allylic oxidation sites excluding steroid dienone is 2. The number of rotatable bonds is 17. The Kier molecular flexibility index (Phi) is 12.1. The average molecular weight is 499 g/mol. The van der Waals surface area contributed by atoms with Gasteiger partial charge in [-0.2, -0.15) is 0 Å². The van der Waals surface area contributed by atoms with E-state index in [1.807, 2.05) is 42.5 Å². The zero-order valence-corrected chi connectivity index (χ0v) is 21.5. The van der Waals surface area contributed by atoms with Gasteiger partial charge in [-0.05, 0) is 49.6 Å². The van der Waals surface area contributed by atoms with Crippen LogP contribution in [-0.4, -0.2) is 42.1 Å². The van der Waals surface area contributed by atoms with Crippen LogP contribution < -0.4 is 9.47 Å². The van der Waals surface area contributed by atoms with Crippen LogP contribution >= 0.6 is 0 Å². The molecular formula is C29H39FN2O4.